The molecule has 2 rings (SSSR count). The van der Waals surface area contributed by atoms with E-state index in [2.05, 4.69) is 31.4 Å². The van der Waals surface area contributed by atoms with Gasteiger partial charge in [0, 0.05) is 10.9 Å². The van der Waals surface area contributed by atoms with Crippen LogP contribution in [0.2, 0.25) is 0 Å². The summed E-state index contributed by atoms with van der Waals surface area (Å²) in [4.78, 5) is 13.5. The molecule has 23 heavy (non-hydrogen) atoms. The zero-order valence-electron chi connectivity index (χ0n) is 14.3. The lowest BCUT2D eigenvalue weighted by Crippen LogP contribution is -2.37. The number of fused-ring (bicyclic) bond motifs is 1. The average Bonchev–Trinajstić information content (AvgIpc) is 2.88. The molecule has 1 atom stereocenters. The van der Waals surface area contributed by atoms with E-state index in [1.54, 1.807) is 11.3 Å². The van der Waals surface area contributed by atoms with Crippen LogP contribution in [0.4, 0.5) is 5.00 Å². The summed E-state index contributed by atoms with van der Waals surface area (Å²) >= 11 is 7.06. The van der Waals surface area contributed by atoms with E-state index >= 15 is 0 Å². The lowest BCUT2D eigenvalue weighted by molar-refractivity contribution is 0.0601. The van der Waals surface area contributed by atoms with Crippen LogP contribution in [0.1, 0.15) is 60.8 Å². The van der Waals surface area contributed by atoms with Crippen molar-refractivity contribution in [1.29, 1.82) is 0 Å². The second-order valence-electron chi connectivity index (χ2n) is 6.16. The summed E-state index contributed by atoms with van der Waals surface area (Å²) in [5, 5.41) is 7.95. The van der Waals surface area contributed by atoms with E-state index < -0.39 is 0 Å². The monoisotopic (exact) mass is 354 g/mol. The van der Waals surface area contributed by atoms with Crippen molar-refractivity contribution in [2.75, 3.05) is 12.4 Å². The standard InChI is InChI=1S/C17H26N2O2S2/c1-5-11(6-2)18-17(22)19-15-14(16(20)21-4)12-8-7-10(3)9-13(12)23-15/h10-11H,5-9H2,1-4H3,(H2,18,19,22). The summed E-state index contributed by atoms with van der Waals surface area (Å²) in [6.45, 7) is 6.52. The molecule has 1 aliphatic carbocycles. The number of hydrogen-bond acceptors (Lipinski definition) is 4. The molecule has 1 heterocycles. The van der Waals surface area contributed by atoms with Crippen LogP contribution in [0.25, 0.3) is 0 Å². The van der Waals surface area contributed by atoms with Crippen molar-refractivity contribution in [3.8, 4) is 0 Å². The molecule has 2 N–H and O–H groups in total. The molecule has 4 nitrogen and oxygen atoms in total. The Balaban J connectivity index is 2.24. The third-order valence-corrected chi connectivity index (χ3v) is 5.84. The number of thiophene rings is 1. The van der Waals surface area contributed by atoms with Gasteiger partial charge in [-0.3, -0.25) is 0 Å². The first-order chi connectivity index (χ1) is 11.0. The number of thiocarbonyl (C=S) groups is 1. The van der Waals surface area contributed by atoms with Crippen LogP contribution < -0.4 is 10.6 Å². The topological polar surface area (TPSA) is 50.4 Å². The Hall–Kier alpha value is -1.14. The van der Waals surface area contributed by atoms with Gasteiger partial charge in [0.2, 0.25) is 0 Å². The highest BCUT2D eigenvalue weighted by Gasteiger charge is 2.28. The Labute approximate surface area is 148 Å². The Morgan fingerprint density at radius 2 is 2.13 bits per heavy atom. The highest BCUT2D eigenvalue weighted by Crippen LogP contribution is 2.40. The summed E-state index contributed by atoms with van der Waals surface area (Å²) in [6, 6.07) is 0.353. The summed E-state index contributed by atoms with van der Waals surface area (Å²) in [5.74, 6) is 0.388. The molecular formula is C17H26N2O2S2. The van der Waals surface area contributed by atoms with Crippen molar-refractivity contribution in [3.63, 3.8) is 0 Å². The van der Waals surface area contributed by atoms with E-state index in [0.29, 0.717) is 22.6 Å². The Kier molecular flexibility index (Phi) is 6.41. The van der Waals surface area contributed by atoms with Crippen molar-refractivity contribution in [2.24, 2.45) is 5.92 Å². The van der Waals surface area contributed by atoms with E-state index in [9.17, 15) is 4.79 Å². The second-order valence-corrected chi connectivity index (χ2v) is 7.67. The molecule has 0 saturated carbocycles. The molecule has 128 valence electrons. The first-order valence-electron chi connectivity index (χ1n) is 8.30. The fourth-order valence-corrected chi connectivity index (χ4v) is 4.71. The number of methoxy groups -OCH3 is 1. The van der Waals surface area contributed by atoms with E-state index in [1.807, 2.05) is 0 Å². The van der Waals surface area contributed by atoms with Gasteiger partial charge < -0.3 is 15.4 Å². The number of nitrogens with one attached hydrogen (secondary N) is 2. The minimum absolute atomic E-state index is 0.273. The van der Waals surface area contributed by atoms with Gasteiger partial charge >= 0.3 is 5.97 Å². The van der Waals surface area contributed by atoms with Gasteiger partial charge in [0.05, 0.1) is 12.7 Å². The van der Waals surface area contributed by atoms with Crippen molar-refractivity contribution < 1.29 is 9.53 Å². The number of ether oxygens (including phenoxy) is 1. The van der Waals surface area contributed by atoms with E-state index in [-0.39, 0.29) is 5.97 Å². The minimum atomic E-state index is -0.273. The molecule has 0 bridgehead atoms. The van der Waals surface area contributed by atoms with Gasteiger partial charge in [0.1, 0.15) is 5.00 Å². The van der Waals surface area contributed by atoms with Crippen LogP contribution in [-0.4, -0.2) is 24.2 Å². The maximum absolute atomic E-state index is 12.2. The fraction of sp³-hybridized carbons (Fsp3) is 0.647. The van der Waals surface area contributed by atoms with Crippen LogP contribution in [0, 0.1) is 5.92 Å². The molecule has 0 radical (unpaired) electrons. The van der Waals surface area contributed by atoms with Gasteiger partial charge in [0.15, 0.2) is 5.11 Å². The molecule has 1 aliphatic rings. The molecule has 0 saturated heterocycles. The SMILES string of the molecule is CCC(CC)NC(=S)Nc1sc2c(c1C(=O)OC)CCC(C)C2. The van der Waals surface area contributed by atoms with Crippen LogP contribution in [0.15, 0.2) is 0 Å². The van der Waals surface area contributed by atoms with Gasteiger partial charge in [-0.1, -0.05) is 20.8 Å². The Bertz CT molecular complexity index is 579. The number of carbonyl (C=O) groups excluding carboxylic acids is 1. The van der Waals surface area contributed by atoms with Crippen molar-refractivity contribution in [2.45, 2.75) is 58.9 Å². The second kappa shape index (κ2) is 8.11. The molecule has 1 aromatic heterocycles. The number of rotatable bonds is 5. The zero-order chi connectivity index (χ0) is 17.0. The normalized spacial score (nSPS) is 16.8. The van der Waals surface area contributed by atoms with Crippen LogP contribution in [0.5, 0.6) is 0 Å². The average molecular weight is 355 g/mol. The summed E-state index contributed by atoms with van der Waals surface area (Å²) in [7, 11) is 1.43. The van der Waals surface area contributed by atoms with Crippen molar-refractivity contribution in [3.05, 3.63) is 16.0 Å². The fourth-order valence-electron chi connectivity index (χ4n) is 2.97. The minimum Gasteiger partial charge on any atom is -0.465 e. The van der Waals surface area contributed by atoms with Gasteiger partial charge in [-0.2, -0.15) is 0 Å². The van der Waals surface area contributed by atoms with E-state index in [0.717, 1.165) is 42.7 Å². The predicted molar refractivity (Wildman–Crippen MR) is 101 cm³/mol. The number of carbonyl (C=O) groups is 1. The maximum atomic E-state index is 12.2. The highest BCUT2D eigenvalue weighted by atomic mass is 32.1. The zero-order valence-corrected chi connectivity index (χ0v) is 16.0. The summed E-state index contributed by atoms with van der Waals surface area (Å²) in [6.07, 6.45) is 5.11. The number of anilines is 1. The van der Waals surface area contributed by atoms with Crippen LogP contribution >= 0.6 is 23.6 Å². The first kappa shape index (κ1) is 18.2. The number of hydrogen-bond donors (Lipinski definition) is 2. The largest absolute Gasteiger partial charge is 0.465 e. The van der Waals surface area contributed by atoms with E-state index in [1.165, 1.54) is 12.0 Å². The number of esters is 1. The lowest BCUT2D eigenvalue weighted by Gasteiger charge is -2.18. The van der Waals surface area contributed by atoms with Crippen LogP contribution in [0.3, 0.4) is 0 Å². The van der Waals surface area contributed by atoms with Crippen molar-refractivity contribution >= 4 is 39.6 Å². The molecule has 1 aromatic rings. The van der Waals surface area contributed by atoms with Gasteiger partial charge in [-0.15, -0.1) is 11.3 Å². The van der Waals surface area contributed by atoms with Gasteiger partial charge in [0.25, 0.3) is 0 Å². The molecule has 0 amide bonds. The third kappa shape index (κ3) is 4.23. The molecule has 0 spiro atoms. The smallest absolute Gasteiger partial charge is 0.341 e. The predicted octanol–water partition coefficient (Wildman–Crippen LogP) is 4.13. The molecule has 1 unspecified atom stereocenters. The molecular weight excluding hydrogens is 328 g/mol. The maximum Gasteiger partial charge on any atom is 0.341 e. The van der Waals surface area contributed by atoms with E-state index in [4.69, 9.17) is 17.0 Å². The third-order valence-electron chi connectivity index (χ3n) is 4.45. The molecule has 0 aromatic carbocycles. The first-order valence-corrected chi connectivity index (χ1v) is 9.52. The molecule has 0 fully saturated rings. The summed E-state index contributed by atoms with van der Waals surface area (Å²) < 4.78 is 5.00. The van der Waals surface area contributed by atoms with Crippen LogP contribution in [-0.2, 0) is 17.6 Å². The van der Waals surface area contributed by atoms with Gasteiger partial charge in [-0.05, 0) is 55.8 Å². The summed E-state index contributed by atoms with van der Waals surface area (Å²) in [5.41, 5.74) is 1.82. The lowest BCUT2D eigenvalue weighted by atomic mass is 9.88. The highest BCUT2D eigenvalue weighted by molar-refractivity contribution is 7.80. The molecule has 6 heteroatoms. The quantitative estimate of drug-likeness (QED) is 0.615. The Morgan fingerprint density at radius 1 is 1.43 bits per heavy atom. The Morgan fingerprint density at radius 3 is 2.74 bits per heavy atom. The van der Waals surface area contributed by atoms with Crippen molar-refractivity contribution in [1.82, 2.24) is 5.32 Å². The van der Waals surface area contributed by atoms with Gasteiger partial charge in [-0.25, -0.2) is 4.79 Å². The molecule has 0 aliphatic heterocycles.